The number of para-hydroxylation sites is 1. The fraction of sp³-hybridized carbons (Fsp3) is 0.182. The van der Waals surface area contributed by atoms with Gasteiger partial charge in [-0.3, -0.25) is 4.84 Å². The molecule has 0 aliphatic carbocycles. The molecule has 2 aromatic rings. The molecule has 1 aromatic carbocycles. The number of nitrogens with zero attached hydrogens (tertiary/aromatic N) is 1. The summed E-state index contributed by atoms with van der Waals surface area (Å²) in [5.41, 5.74) is 2.37. The molecule has 0 N–H and O–H groups in total. The highest BCUT2D eigenvalue weighted by molar-refractivity contribution is 5.78. The van der Waals surface area contributed by atoms with Crippen LogP contribution in [0.4, 0.5) is 0 Å². The van der Waals surface area contributed by atoms with E-state index in [0.717, 1.165) is 5.52 Å². The molecule has 0 saturated carbocycles. The molecular formula is C11H12ClNO5. The summed E-state index contributed by atoms with van der Waals surface area (Å²) in [4.78, 5) is 5.20. The van der Waals surface area contributed by atoms with Gasteiger partial charge in [0, 0.05) is 16.9 Å². The summed E-state index contributed by atoms with van der Waals surface area (Å²) in [5, 5.41) is 1.23. The fourth-order valence-corrected chi connectivity index (χ4v) is 1.51. The van der Waals surface area contributed by atoms with Crippen LogP contribution in [0.25, 0.3) is 10.9 Å². The van der Waals surface area contributed by atoms with Crippen LogP contribution >= 0.6 is 0 Å². The second-order valence-corrected chi connectivity index (χ2v) is 4.16. The van der Waals surface area contributed by atoms with Gasteiger partial charge < -0.3 is 0 Å². The summed E-state index contributed by atoms with van der Waals surface area (Å²) in [5.74, 6) is 0. The third kappa shape index (κ3) is 4.44. The largest absolute Gasteiger partial charge is 0.274 e. The molecule has 0 aliphatic heterocycles. The number of aromatic nitrogens is 1. The van der Waals surface area contributed by atoms with E-state index in [9.17, 15) is 0 Å². The number of halogens is 1. The van der Waals surface area contributed by atoms with Crippen molar-refractivity contribution in [3.05, 3.63) is 42.1 Å². The van der Waals surface area contributed by atoms with Crippen LogP contribution < -0.4 is 28.2 Å². The van der Waals surface area contributed by atoms with E-state index in [0.29, 0.717) is 0 Å². The zero-order chi connectivity index (χ0) is 13.8. The third-order valence-electron chi connectivity index (χ3n) is 2.22. The number of pyridine rings is 1. The number of aryl methyl sites for hydroxylation is 1. The summed E-state index contributed by atoms with van der Waals surface area (Å²) in [7, 11) is -3.28. The molecule has 98 valence electrons. The Kier molecular flexibility index (Phi) is 4.83. The van der Waals surface area contributed by atoms with E-state index in [4.69, 9.17) is 23.5 Å². The molecule has 0 radical (unpaired) electrons. The van der Waals surface area contributed by atoms with Crippen molar-refractivity contribution in [1.82, 2.24) is 0 Å². The molecule has 0 unspecified atom stereocenters. The average Bonchev–Trinajstić information content (AvgIpc) is 2.28. The molecule has 1 aromatic heterocycles. The van der Waals surface area contributed by atoms with Crippen molar-refractivity contribution in [1.29, 1.82) is 0 Å². The van der Waals surface area contributed by atoms with Crippen molar-refractivity contribution in [2.75, 3.05) is 7.11 Å². The van der Waals surface area contributed by atoms with Crippen LogP contribution in [0, 0.1) is 17.2 Å². The lowest BCUT2D eigenvalue weighted by atomic mass is 10.1. The Bertz CT molecular complexity index is 520. The first kappa shape index (κ1) is 14.6. The van der Waals surface area contributed by atoms with E-state index in [1.807, 2.05) is 30.5 Å². The number of hydrogen-bond donors (Lipinski definition) is 0. The molecule has 0 saturated heterocycles. The van der Waals surface area contributed by atoms with Gasteiger partial charge in [0.15, 0.2) is 0 Å². The molecule has 0 spiro atoms. The van der Waals surface area contributed by atoms with Crippen molar-refractivity contribution in [2.24, 2.45) is 0 Å². The summed E-state index contributed by atoms with van der Waals surface area (Å²) < 4.78 is 35.7. The minimum absolute atomic E-state index is 1.10. The van der Waals surface area contributed by atoms with Crippen molar-refractivity contribution in [2.45, 2.75) is 6.92 Å². The zero-order valence-corrected chi connectivity index (χ0v) is 10.6. The Morgan fingerprint density at radius 3 is 2.17 bits per heavy atom. The topological polar surface area (TPSA) is 105 Å². The second kappa shape index (κ2) is 5.94. The predicted octanol–water partition coefficient (Wildman–Crippen LogP) is -3.26. The van der Waals surface area contributed by atoms with Gasteiger partial charge in [-0.05, 0) is 18.6 Å². The van der Waals surface area contributed by atoms with Crippen LogP contribution in [0.5, 0.6) is 0 Å². The minimum Gasteiger partial charge on any atom is -0.274 e. The minimum atomic E-state index is -4.94. The third-order valence-corrected chi connectivity index (χ3v) is 2.22. The summed E-state index contributed by atoms with van der Waals surface area (Å²) in [6.07, 6.45) is 1.93. The molecule has 0 amide bonds. The Labute approximate surface area is 106 Å². The number of hydrogen-bond acceptors (Lipinski definition) is 5. The SMILES string of the molecule is CO[n+]1ccc(C)c2ccccc21.[O-][Cl+3]([O-])([O-])[O-]. The van der Waals surface area contributed by atoms with E-state index in [2.05, 4.69) is 13.0 Å². The van der Waals surface area contributed by atoms with Crippen LogP contribution in [0.3, 0.4) is 0 Å². The first-order valence-corrected chi connectivity index (χ1v) is 6.12. The number of rotatable bonds is 1. The zero-order valence-electron chi connectivity index (χ0n) is 9.83. The standard InChI is InChI=1S/C11H12NO.ClHO4/c1-9-7-8-12(13-2)11-6-4-3-5-10(9)11;2-1(3,4)5/h3-8H,1-2H3;(H,2,3,4,5)/q+1;/p-1. The monoisotopic (exact) mass is 273 g/mol. The molecule has 7 heteroatoms. The van der Waals surface area contributed by atoms with Crippen LogP contribution in [0.2, 0.25) is 0 Å². The van der Waals surface area contributed by atoms with Gasteiger partial charge in [-0.2, -0.15) is 0 Å². The van der Waals surface area contributed by atoms with Crippen LogP contribution in [0.15, 0.2) is 36.5 Å². The van der Waals surface area contributed by atoms with Crippen LogP contribution in [-0.2, 0) is 0 Å². The quantitative estimate of drug-likeness (QED) is 0.507. The lowest BCUT2D eigenvalue weighted by Gasteiger charge is -2.17. The molecular weight excluding hydrogens is 262 g/mol. The Morgan fingerprint density at radius 2 is 1.61 bits per heavy atom. The van der Waals surface area contributed by atoms with Crippen LogP contribution in [-0.4, -0.2) is 7.11 Å². The lowest BCUT2D eigenvalue weighted by Crippen LogP contribution is -2.68. The van der Waals surface area contributed by atoms with E-state index in [1.165, 1.54) is 10.9 Å². The van der Waals surface area contributed by atoms with E-state index in [1.54, 1.807) is 11.8 Å². The maximum absolute atomic E-state index is 8.49. The Balaban J connectivity index is 0.000000280. The van der Waals surface area contributed by atoms with Gasteiger partial charge in [-0.15, -0.1) is 10.2 Å². The molecule has 0 atom stereocenters. The Hall–Kier alpha value is -1.44. The molecule has 0 fully saturated rings. The van der Waals surface area contributed by atoms with Gasteiger partial charge in [0.25, 0.3) is 5.52 Å². The molecule has 2 rings (SSSR count). The van der Waals surface area contributed by atoms with Crippen molar-refractivity contribution in [3.63, 3.8) is 0 Å². The first-order valence-electron chi connectivity index (χ1n) is 4.89. The molecule has 18 heavy (non-hydrogen) atoms. The highest BCUT2D eigenvalue weighted by atomic mass is 35.7. The average molecular weight is 274 g/mol. The summed E-state index contributed by atoms with van der Waals surface area (Å²) in [6, 6.07) is 10.2. The van der Waals surface area contributed by atoms with Gasteiger partial charge in [0.2, 0.25) is 6.20 Å². The van der Waals surface area contributed by atoms with Crippen LogP contribution in [0.1, 0.15) is 5.56 Å². The van der Waals surface area contributed by atoms with E-state index >= 15 is 0 Å². The number of benzene rings is 1. The maximum atomic E-state index is 8.49. The van der Waals surface area contributed by atoms with Crippen molar-refractivity contribution in [3.8, 4) is 0 Å². The summed E-state index contributed by atoms with van der Waals surface area (Å²) >= 11 is 0. The van der Waals surface area contributed by atoms with E-state index < -0.39 is 10.2 Å². The predicted molar refractivity (Wildman–Crippen MR) is 51.4 cm³/mol. The maximum Gasteiger partial charge on any atom is 0.264 e. The lowest BCUT2D eigenvalue weighted by molar-refractivity contribution is -2.00. The smallest absolute Gasteiger partial charge is 0.264 e. The van der Waals surface area contributed by atoms with E-state index in [-0.39, 0.29) is 0 Å². The van der Waals surface area contributed by atoms with Gasteiger partial charge in [0.05, 0.1) is 5.39 Å². The normalized spacial score (nSPS) is 10.8. The van der Waals surface area contributed by atoms with Crippen molar-refractivity contribution >= 4 is 10.9 Å². The summed E-state index contributed by atoms with van der Waals surface area (Å²) in [6.45, 7) is 2.10. The highest BCUT2D eigenvalue weighted by Gasteiger charge is 2.09. The van der Waals surface area contributed by atoms with Gasteiger partial charge in [-0.1, -0.05) is 12.1 Å². The highest BCUT2D eigenvalue weighted by Crippen LogP contribution is 2.12. The second-order valence-electron chi connectivity index (χ2n) is 3.40. The van der Waals surface area contributed by atoms with Gasteiger partial charge in [0.1, 0.15) is 7.11 Å². The van der Waals surface area contributed by atoms with Gasteiger partial charge in [-0.25, -0.2) is 18.6 Å². The van der Waals surface area contributed by atoms with Gasteiger partial charge >= 0.3 is 0 Å². The van der Waals surface area contributed by atoms with Crippen molar-refractivity contribution < 1.29 is 38.4 Å². The molecule has 0 aliphatic rings. The number of fused-ring (bicyclic) bond motifs is 1. The Morgan fingerprint density at radius 1 is 1.06 bits per heavy atom. The molecule has 6 nitrogen and oxygen atoms in total. The fourth-order valence-electron chi connectivity index (χ4n) is 1.51. The molecule has 0 bridgehead atoms. The first-order chi connectivity index (χ1) is 8.33. The molecule has 1 heterocycles.